The Balaban J connectivity index is 2.37. The first-order valence-electron chi connectivity index (χ1n) is 6.74. The minimum atomic E-state index is 0.00334. The maximum atomic E-state index is 11.8. The zero-order valence-electron chi connectivity index (χ0n) is 11.6. The molecule has 3 nitrogen and oxygen atoms in total. The van der Waals surface area contributed by atoms with Crippen LogP contribution in [0.15, 0.2) is 24.3 Å². The topological polar surface area (TPSA) is 41.1 Å². The monoisotopic (exact) mass is 248 g/mol. The third kappa shape index (κ3) is 4.88. The lowest BCUT2D eigenvalue weighted by molar-refractivity contribution is 0.0954. The number of carbonyl (C=O) groups excluding carboxylic acids is 1. The van der Waals surface area contributed by atoms with Crippen molar-refractivity contribution < 1.29 is 4.79 Å². The van der Waals surface area contributed by atoms with Crippen molar-refractivity contribution >= 4 is 5.91 Å². The SMILES string of the molecule is CCCNCCNC(=O)c1ccc(C(C)C)cc1. The summed E-state index contributed by atoms with van der Waals surface area (Å²) in [5, 5.41) is 6.16. The van der Waals surface area contributed by atoms with E-state index in [4.69, 9.17) is 0 Å². The van der Waals surface area contributed by atoms with Crippen molar-refractivity contribution in [2.45, 2.75) is 33.1 Å². The molecule has 0 aliphatic heterocycles. The molecule has 1 rings (SSSR count). The second-order valence-corrected chi connectivity index (χ2v) is 4.78. The number of hydrogen-bond donors (Lipinski definition) is 2. The predicted octanol–water partition coefficient (Wildman–Crippen LogP) is 2.54. The van der Waals surface area contributed by atoms with Gasteiger partial charge in [-0.05, 0) is 36.6 Å². The highest BCUT2D eigenvalue weighted by Crippen LogP contribution is 2.14. The van der Waals surface area contributed by atoms with E-state index in [-0.39, 0.29) is 5.91 Å². The van der Waals surface area contributed by atoms with Gasteiger partial charge in [0.2, 0.25) is 0 Å². The Labute approximate surface area is 110 Å². The maximum absolute atomic E-state index is 11.8. The highest BCUT2D eigenvalue weighted by atomic mass is 16.1. The summed E-state index contributed by atoms with van der Waals surface area (Å²) in [4.78, 5) is 11.8. The largest absolute Gasteiger partial charge is 0.351 e. The normalized spacial score (nSPS) is 10.7. The first-order chi connectivity index (χ1) is 8.65. The molecular formula is C15H24N2O. The van der Waals surface area contributed by atoms with E-state index in [1.54, 1.807) is 0 Å². The standard InChI is InChI=1S/C15H24N2O/c1-4-9-16-10-11-17-15(18)14-7-5-13(6-8-14)12(2)3/h5-8,12,16H,4,9-11H2,1-3H3,(H,17,18). The summed E-state index contributed by atoms with van der Waals surface area (Å²) in [6.45, 7) is 8.91. The Morgan fingerprint density at radius 3 is 2.33 bits per heavy atom. The van der Waals surface area contributed by atoms with Crippen LogP contribution < -0.4 is 10.6 Å². The molecular weight excluding hydrogens is 224 g/mol. The molecule has 0 heterocycles. The highest BCUT2D eigenvalue weighted by Gasteiger charge is 2.05. The molecule has 100 valence electrons. The lowest BCUT2D eigenvalue weighted by Gasteiger charge is -2.08. The Bertz CT molecular complexity index is 357. The van der Waals surface area contributed by atoms with Crippen LogP contribution in [0.3, 0.4) is 0 Å². The summed E-state index contributed by atoms with van der Waals surface area (Å²) < 4.78 is 0. The molecule has 1 aromatic rings. The second kappa shape index (κ2) is 7.88. The van der Waals surface area contributed by atoms with Crippen LogP contribution in [0.5, 0.6) is 0 Å². The average molecular weight is 248 g/mol. The first kappa shape index (κ1) is 14.7. The molecule has 2 N–H and O–H groups in total. The van der Waals surface area contributed by atoms with Crippen LogP contribution in [-0.2, 0) is 0 Å². The van der Waals surface area contributed by atoms with Gasteiger partial charge in [-0.3, -0.25) is 4.79 Å². The molecule has 0 saturated heterocycles. The molecule has 0 aliphatic rings. The molecule has 0 unspecified atom stereocenters. The number of rotatable bonds is 7. The minimum absolute atomic E-state index is 0.00334. The molecule has 18 heavy (non-hydrogen) atoms. The highest BCUT2D eigenvalue weighted by molar-refractivity contribution is 5.94. The summed E-state index contributed by atoms with van der Waals surface area (Å²) in [5.41, 5.74) is 1.99. The third-order valence-electron chi connectivity index (χ3n) is 2.85. The van der Waals surface area contributed by atoms with Gasteiger partial charge in [0.1, 0.15) is 0 Å². The maximum Gasteiger partial charge on any atom is 0.251 e. The van der Waals surface area contributed by atoms with Gasteiger partial charge in [-0.25, -0.2) is 0 Å². The van der Waals surface area contributed by atoms with E-state index >= 15 is 0 Å². The van der Waals surface area contributed by atoms with Crippen molar-refractivity contribution in [2.24, 2.45) is 0 Å². The first-order valence-corrected chi connectivity index (χ1v) is 6.74. The number of carbonyl (C=O) groups is 1. The molecule has 0 atom stereocenters. The van der Waals surface area contributed by atoms with E-state index in [1.165, 1.54) is 5.56 Å². The van der Waals surface area contributed by atoms with E-state index in [0.717, 1.165) is 25.1 Å². The molecule has 0 fully saturated rings. The average Bonchev–Trinajstić information content (AvgIpc) is 2.38. The van der Waals surface area contributed by atoms with Gasteiger partial charge in [-0.2, -0.15) is 0 Å². The van der Waals surface area contributed by atoms with E-state index in [0.29, 0.717) is 12.5 Å². The van der Waals surface area contributed by atoms with Gasteiger partial charge in [-0.15, -0.1) is 0 Å². The number of nitrogens with one attached hydrogen (secondary N) is 2. The summed E-state index contributed by atoms with van der Waals surface area (Å²) >= 11 is 0. The molecule has 3 heteroatoms. The van der Waals surface area contributed by atoms with Crippen LogP contribution in [-0.4, -0.2) is 25.5 Å². The van der Waals surface area contributed by atoms with Gasteiger partial charge in [0, 0.05) is 18.7 Å². The molecule has 0 spiro atoms. The van der Waals surface area contributed by atoms with Gasteiger partial charge in [0.25, 0.3) is 5.91 Å². The van der Waals surface area contributed by atoms with Crippen LogP contribution in [0.2, 0.25) is 0 Å². The summed E-state index contributed by atoms with van der Waals surface area (Å²) in [5.74, 6) is 0.504. The van der Waals surface area contributed by atoms with Crippen LogP contribution in [0.1, 0.15) is 49.0 Å². The Morgan fingerprint density at radius 1 is 1.11 bits per heavy atom. The summed E-state index contributed by atoms with van der Waals surface area (Å²) in [6.07, 6.45) is 1.12. The molecule has 0 bridgehead atoms. The summed E-state index contributed by atoms with van der Waals surface area (Å²) in [6, 6.07) is 7.83. The van der Waals surface area contributed by atoms with E-state index in [9.17, 15) is 4.79 Å². The van der Waals surface area contributed by atoms with Crippen molar-refractivity contribution in [3.63, 3.8) is 0 Å². The number of amides is 1. The number of hydrogen-bond acceptors (Lipinski definition) is 2. The van der Waals surface area contributed by atoms with Gasteiger partial charge in [0.15, 0.2) is 0 Å². The zero-order chi connectivity index (χ0) is 13.4. The van der Waals surface area contributed by atoms with E-state index in [1.807, 2.05) is 24.3 Å². The molecule has 1 amide bonds. The number of benzene rings is 1. The van der Waals surface area contributed by atoms with Gasteiger partial charge in [0.05, 0.1) is 0 Å². The Hall–Kier alpha value is -1.35. The predicted molar refractivity (Wildman–Crippen MR) is 76.0 cm³/mol. The fourth-order valence-corrected chi connectivity index (χ4v) is 1.69. The van der Waals surface area contributed by atoms with Crippen molar-refractivity contribution in [1.29, 1.82) is 0 Å². The Kier molecular flexibility index (Phi) is 6.44. The second-order valence-electron chi connectivity index (χ2n) is 4.78. The Morgan fingerprint density at radius 2 is 1.78 bits per heavy atom. The van der Waals surface area contributed by atoms with Crippen LogP contribution in [0.4, 0.5) is 0 Å². The fourth-order valence-electron chi connectivity index (χ4n) is 1.69. The lowest BCUT2D eigenvalue weighted by atomic mass is 10.0. The van der Waals surface area contributed by atoms with Crippen molar-refractivity contribution in [3.05, 3.63) is 35.4 Å². The van der Waals surface area contributed by atoms with Gasteiger partial charge < -0.3 is 10.6 Å². The van der Waals surface area contributed by atoms with Crippen LogP contribution in [0, 0.1) is 0 Å². The fraction of sp³-hybridized carbons (Fsp3) is 0.533. The minimum Gasteiger partial charge on any atom is -0.351 e. The molecule has 0 aromatic heterocycles. The van der Waals surface area contributed by atoms with Crippen LogP contribution in [0.25, 0.3) is 0 Å². The molecule has 0 radical (unpaired) electrons. The summed E-state index contributed by atoms with van der Waals surface area (Å²) in [7, 11) is 0. The van der Waals surface area contributed by atoms with Gasteiger partial charge in [-0.1, -0.05) is 32.9 Å². The van der Waals surface area contributed by atoms with Crippen molar-refractivity contribution in [1.82, 2.24) is 10.6 Å². The van der Waals surface area contributed by atoms with Crippen molar-refractivity contribution in [2.75, 3.05) is 19.6 Å². The quantitative estimate of drug-likeness (QED) is 0.728. The van der Waals surface area contributed by atoms with Crippen LogP contribution >= 0.6 is 0 Å². The van der Waals surface area contributed by atoms with Crippen molar-refractivity contribution in [3.8, 4) is 0 Å². The smallest absolute Gasteiger partial charge is 0.251 e. The van der Waals surface area contributed by atoms with E-state index in [2.05, 4.69) is 31.4 Å². The molecule has 0 aliphatic carbocycles. The molecule has 1 aromatic carbocycles. The van der Waals surface area contributed by atoms with Gasteiger partial charge >= 0.3 is 0 Å². The lowest BCUT2D eigenvalue weighted by Crippen LogP contribution is -2.32. The van der Waals surface area contributed by atoms with E-state index < -0.39 is 0 Å². The third-order valence-corrected chi connectivity index (χ3v) is 2.85. The zero-order valence-corrected chi connectivity index (χ0v) is 11.6. The molecule has 0 saturated carbocycles.